The Hall–Kier alpha value is -1.77. The molecular weight excluding hydrogens is 302 g/mol. The minimum atomic E-state index is -0.272. The lowest BCUT2D eigenvalue weighted by atomic mass is 10.2. The van der Waals surface area contributed by atoms with Crippen molar-refractivity contribution in [3.05, 3.63) is 23.4 Å². The van der Waals surface area contributed by atoms with Gasteiger partial charge in [0, 0.05) is 26.2 Å². The minimum absolute atomic E-state index is 0.212. The molecule has 0 aromatic carbocycles. The summed E-state index contributed by atoms with van der Waals surface area (Å²) in [5.74, 6) is 0.997. The van der Waals surface area contributed by atoms with Crippen molar-refractivity contribution in [3.63, 3.8) is 0 Å². The number of carbonyl (C=O) groups is 1. The predicted octanol–water partition coefficient (Wildman–Crippen LogP) is 0.789. The van der Waals surface area contributed by atoms with Gasteiger partial charge in [-0.2, -0.15) is 4.98 Å². The van der Waals surface area contributed by atoms with E-state index in [0.717, 1.165) is 31.1 Å². The van der Waals surface area contributed by atoms with E-state index in [9.17, 15) is 4.79 Å². The second-order valence-corrected chi connectivity index (χ2v) is 6.33. The van der Waals surface area contributed by atoms with Crippen molar-refractivity contribution in [2.45, 2.75) is 19.5 Å². The van der Waals surface area contributed by atoms with Gasteiger partial charge < -0.3 is 10.3 Å². The third kappa shape index (κ3) is 3.34. The number of primary amides is 1. The van der Waals surface area contributed by atoms with Gasteiger partial charge >= 0.3 is 0 Å². The number of piperazine rings is 1. The fourth-order valence-electron chi connectivity index (χ4n) is 2.50. The second kappa shape index (κ2) is 6.55. The molecule has 1 atom stereocenters. The predicted molar refractivity (Wildman–Crippen MR) is 83.1 cm³/mol. The summed E-state index contributed by atoms with van der Waals surface area (Å²) in [4.78, 5) is 21.0. The van der Waals surface area contributed by atoms with E-state index in [-0.39, 0.29) is 11.9 Å². The van der Waals surface area contributed by atoms with Gasteiger partial charge in [0.2, 0.25) is 17.6 Å². The number of nitrogens with two attached hydrogens (primary N) is 1. The van der Waals surface area contributed by atoms with Crippen LogP contribution in [0.2, 0.25) is 0 Å². The second-order valence-electron chi connectivity index (χ2n) is 5.38. The molecule has 0 saturated carbocycles. The Labute approximate surface area is 132 Å². The summed E-state index contributed by atoms with van der Waals surface area (Å²) in [5.41, 5.74) is 5.35. The molecule has 22 heavy (non-hydrogen) atoms. The van der Waals surface area contributed by atoms with Crippen LogP contribution in [0.15, 0.2) is 22.0 Å². The minimum Gasteiger partial charge on any atom is -0.368 e. The lowest BCUT2D eigenvalue weighted by Gasteiger charge is -2.36. The fraction of sp³-hybridized carbons (Fsp3) is 0.500. The number of hydrogen-bond donors (Lipinski definition) is 1. The Morgan fingerprint density at radius 2 is 2.23 bits per heavy atom. The van der Waals surface area contributed by atoms with E-state index in [1.807, 2.05) is 24.4 Å². The average molecular weight is 321 g/mol. The SMILES string of the molecule is CC(C(N)=O)N1CCN(Cc2nc(-c3cccs3)no2)CC1. The van der Waals surface area contributed by atoms with E-state index >= 15 is 0 Å². The fourth-order valence-corrected chi connectivity index (χ4v) is 3.15. The molecule has 0 bridgehead atoms. The highest BCUT2D eigenvalue weighted by molar-refractivity contribution is 7.13. The molecule has 0 radical (unpaired) electrons. The molecule has 3 heterocycles. The molecule has 2 N–H and O–H groups in total. The lowest BCUT2D eigenvalue weighted by Crippen LogP contribution is -2.52. The molecule has 1 saturated heterocycles. The van der Waals surface area contributed by atoms with Crippen molar-refractivity contribution in [2.24, 2.45) is 5.73 Å². The first-order chi connectivity index (χ1) is 10.6. The molecule has 7 nitrogen and oxygen atoms in total. The van der Waals surface area contributed by atoms with Crippen LogP contribution in [0.1, 0.15) is 12.8 Å². The van der Waals surface area contributed by atoms with Crippen molar-refractivity contribution in [2.75, 3.05) is 26.2 Å². The topological polar surface area (TPSA) is 88.5 Å². The first-order valence-electron chi connectivity index (χ1n) is 7.25. The van der Waals surface area contributed by atoms with Crippen molar-refractivity contribution >= 4 is 17.2 Å². The van der Waals surface area contributed by atoms with Gasteiger partial charge in [-0.05, 0) is 18.4 Å². The van der Waals surface area contributed by atoms with Gasteiger partial charge in [0.1, 0.15) is 0 Å². The standard InChI is InChI=1S/C14H19N5O2S/c1-10(13(15)20)19-6-4-18(5-7-19)9-12-16-14(17-21-12)11-3-2-8-22-11/h2-3,8,10H,4-7,9H2,1H3,(H2,15,20). The Bertz CT molecular complexity index is 619. The zero-order chi connectivity index (χ0) is 15.5. The Morgan fingerprint density at radius 3 is 2.86 bits per heavy atom. The van der Waals surface area contributed by atoms with Crippen LogP contribution in [0.25, 0.3) is 10.7 Å². The summed E-state index contributed by atoms with van der Waals surface area (Å²) in [6, 6.07) is 3.73. The Morgan fingerprint density at radius 1 is 1.45 bits per heavy atom. The first-order valence-corrected chi connectivity index (χ1v) is 8.13. The molecule has 118 valence electrons. The largest absolute Gasteiger partial charge is 0.368 e. The third-order valence-electron chi connectivity index (χ3n) is 3.93. The summed E-state index contributed by atoms with van der Waals surface area (Å²) < 4.78 is 5.32. The molecule has 3 rings (SSSR count). The third-order valence-corrected chi connectivity index (χ3v) is 4.80. The molecule has 1 unspecified atom stereocenters. The zero-order valence-electron chi connectivity index (χ0n) is 12.4. The normalized spacial score (nSPS) is 18.4. The highest BCUT2D eigenvalue weighted by atomic mass is 32.1. The van der Waals surface area contributed by atoms with E-state index in [2.05, 4.69) is 19.9 Å². The summed E-state index contributed by atoms with van der Waals surface area (Å²) >= 11 is 1.59. The zero-order valence-corrected chi connectivity index (χ0v) is 13.3. The van der Waals surface area contributed by atoms with E-state index in [4.69, 9.17) is 10.3 Å². The van der Waals surface area contributed by atoms with Crippen molar-refractivity contribution in [3.8, 4) is 10.7 Å². The quantitative estimate of drug-likeness (QED) is 0.876. The maximum absolute atomic E-state index is 11.2. The van der Waals surface area contributed by atoms with Crippen molar-refractivity contribution < 1.29 is 9.32 Å². The van der Waals surface area contributed by atoms with E-state index in [1.54, 1.807) is 11.3 Å². The van der Waals surface area contributed by atoms with Crippen LogP contribution in [-0.4, -0.2) is 58.1 Å². The number of carbonyl (C=O) groups excluding carboxylic acids is 1. The van der Waals surface area contributed by atoms with Gasteiger partial charge in [0.15, 0.2) is 0 Å². The van der Waals surface area contributed by atoms with E-state index in [0.29, 0.717) is 18.3 Å². The number of rotatable bonds is 5. The van der Waals surface area contributed by atoms with E-state index in [1.165, 1.54) is 0 Å². The molecule has 1 aliphatic heterocycles. The maximum atomic E-state index is 11.2. The smallest absolute Gasteiger partial charge is 0.241 e. The monoisotopic (exact) mass is 321 g/mol. The first kappa shape index (κ1) is 15.1. The highest BCUT2D eigenvalue weighted by Crippen LogP contribution is 2.21. The number of amides is 1. The molecule has 2 aromatic heterocycles. The number of hydrogen-bond acceptors (Lipinski definition) is 7. The molecule has 2 aromatic rings. The summed E-state index contributed by atoms with van der Waals surface area (Å²) in [7, 11) is 0. The molecular formula is C14H19N5O2S. The molecule has 0 aliphatic carbocycles. The Kier molecular flexibility index (Phi) is 4.51. The van der Waals surface area contributed by atoms with Gasteiger partial charge in [-0.3, -0.25) is 14.6 Å². The average Bonchev–Trinajstić information content (AvgIpc) is 3.18. The van der Waals surface area contributed by atoms with Crippen LogP contribution in [0.4, 0.5) is 0 Å². The van der Waals surface area contributed by atoms with Crippen LogP contribution >= 0.6 is 11.3 Å². The lowest BCUT2D eigenvalue weighted by molar-refractivity contribution is -0.123. The molecule has 8 heteroatoms. The van der Waals surface area contributed by atoms with Gasteiger partial charge in [0.25, 0.3) is 0 Å². The Balaban J connectivity index is 1.54. The molecule has 1 aliphatic rings. The van der Waals surface area contributed by atoms with Gasteiger partial charge in [-0.15, -0.1) is 11.3 Å². The van der Waals surface area contributed by atoms with Crippen LogP contribution in [0, 0.1) is 0 Å². The number of aromatic nitrogens is 2. The molecule has 1 fully saturated rings. The van der Waals surface area contributed by atoms with Crippen LogP contribution in [0.5, 0.6) is 0 Å². The van der Waals surface area contributed by atoms with Crippen LogP contribution in [0.3, 0.4) is 0 Å². The van der Waals surface area contributed by atoms with Gasteiger partial charge in [-0.25, -0.2) is 0 Å². The van der Waals surface area contributed by atoms with Crippen molar-refractivity contribution in [1.82, 2.24) is 19.9 Å². The summed E-state index contributed by atoms with van der Waals surface area (Å²) in [6.07, 6.45) is 0. The number of thiophene rings is 1. The van der Waals surface area contributed by atoms with Gasteiger partial charge in [-0.1, -0.05) is 11.2 Å². The highest BCUT2D eigenvalue weighted by Gasteiger charge is 2.25. The van der Waals surface area contributed by atoms with Crippen LogP contribution in [-0.2, 0) is 11.3 Å². The van der Waals surface area contributed by atoms with Gasteiger partial charge in [0.05, 0.1) is 17.5 Å². The molecule has 1 amide bonds. The maximum Gasteiger partial charge on any atom is 0.241 e. The van der Waals surface area contributed by atoms with Crippen molar-refractivity contribution in [1.29, 1.82) is 0 Å². The summed E-state index contributed by atoms with van der Waals surface area (Å²) in [5, 5.41) is 6.01. The molecule has 0 spiro atoms. The number of nitrogens with zero attached hydrogens (tertiary/aromatic N) is 4. The van der Waals surface area contributed by atoms with Crippen LogP contribution < -0.4 is 5.73 Å². The van der Waals surface area contributed by atoms with E-state index < -0.39 is 0 Å². The summed E-state index contributed by atoms with van der Waals surface area (Å²) in [6.45, 7) is 5.83.